The van der Waals surface area contributed by atoms with Gasteiger partial charge in [-0.15, -0.1) is 0 Å². The summed E-state index contributed by atoms with van der Waals surface area (Å²) in [5, 5.41) is 0. The highest BCUT2D eigenvalue weighted by atomic mass is 127. The van der Waals surface area contributed by atoms with Gasteiger partial charge in [-0.05, 0) is 34.7 Å². The van der Waals surface area contributed by atoms with Gasteiger partial charge in [0, 0.05) is 16.1 Å². The summed E-state index contributed by atoms with van der Waals surface area (Å²) in [6.45, 7) is 1.69. The van der Waals surface area contributed by atoms with Gasteiger partial charge in [-0.25, -0.2) is 4.39 Å². The monoisotopic (exact) mass is 294 g/mol. The van der Waals surface area contributed by atoms with E-state index in [-0.39, 0.29) is 18.1 Å². The molecule has 0 aromatic heterocycles. The van der Waals surface area contributed by atoms with Crippen LogP contribution in [0.5, 0.6) is 5.75 Å². The predicted octanol–water partition coefficient (Wildman–Crippen LogP) is 2.75. The van der Waals surface area contributed by atoms with Gasteiger partial charge in [0.1, 0.15) is 11.6 Å². The maximum Gasteiger partial charge on any atom is 0.310 e. The molecule has 13 heavy (non-hydrogen) atoms. The van der Waals surface area contributed by atoms with Crippen molar-refractivity contribution in [2.24, 2.45) is 0 Å². The first-order valence-corrected chi connectivity index (χ1v) is 4.86. The molecule has 0 unspecified atom stereocenters. The third kappa shape index (κ3) is 3.30. The Kier molecular flexibility index (Phi) is 3.65. The minimum Gasteiger partial charge on any atom is -0.426 e. The molecule has 2 nitrogen and oxygen atoms in total. The van der Waals surface area contributed by atoms with Crippen molar-refractivity contribution in [1.82, 2.24) is 0 Å². The first kappa shape index (κ1) is 10.4. The van der Waals surface area contributed by atoms with E-state index in [4.69, 9.17) is 4.74 Å². The molecule has 0 bridgehead atoms. The molecule has 4 heteroatoms. The average molecular weight is 294 g/mol. The van der Waals surface area contributed by atoms with Crippen molar-refractivity contribution in [2.75, 3.05) is 0 Å². The summed E-state index contributed by atoms with van der Waals surface area (Å²) >= 11 is 1.96. The first-order chi connectivity index (χ1) is 6.11. The molecule has 0 radical (unpaired) electrons. The van der Waals surface area contributed by atoms with E-state index in [9.17, 15) is 9.18 Å². The molecule has 0 N–H and O–H groups in total. The molecule has 0 fully saturated rings. The number of carbonyl (C=O) groups is 1. The van der Waals surface area contributed by atoms with E-state index in [2.05, 4.69) is 0 Å². The minimum atomic E-state index is -0.397. The average Bonchev–Trinajstić information content (AvgIpc) is 2.02. The summed E-state index contributed by atoms with van der Waals surface area (Å²) < 4.78 is 18.3. The van der Waals surface area contributed by atoms with Crippen LogP contribution in [0, 0.1) is 9.39 Å². The van der Waals surface area contributed by atoms with Crippen molar-refractivity contribution in [1.29, 1.82) is 0 Å². The van der Waals surface area contributed by atoms with Crippen LogP contribution < -0.4 is 4.74 Å². The Morgan fingerprint density at radius 1 is 1.54 bits per heavy atom. The van der Waals surface area contributed by atoms with Gasteiger partial charge in [-0.3, -0.25) is 4.79 Å². The van der Waals surface area contributed by atoms with E-state index in [1.807, 2.05) is 22.6 Å². The largest absolute Gasteiger partial charge is 0.426 e. The molecule has 0 aliphatic heterocycles. The number of rotatable bonds is 2. The highest BCUT2D eigenvalue weighted by Crippen LogP contribution is 2.18. The van der Waals surface area contributed by atoms with Crippen LogP contribution in [0.1, 0.15) is 13.3 Å². The molecular weight excluding hydrogens is 286 g/mol. The number of hydrogen-bond acceptors (Lipinski definition) is 2. The lowest BCUT2D eigenvalue weighted by molar-refractivity contribution is -0.134. The van der Waals surface area contributed by atoms with E-state index >= 15 is 0 Å². The van der Waals surface area contributed by atoms with Gasteiger partial charge in [-0.1, -0.05) is 6.92 Å². The van der Waals surface area contributed by atoms with Crippen molar-refractivity contribution in [3.05, 3.63) is 27.6 Å². The lowest BCUT2D eigenvalue weighted by Gasteiger charge is -2.02. The maximum atomic E-state index is 12.8. The van der Waals surface area contributed by atoms with Gasteiger partial charge >= 0.3 is 5.97 Å². The van der Waals surface area contributed by atoms with Gasteiger partial charge in [-0.2, -0.15) is 0 Å². The molecule has 0 atom stereocenters. The second-order valence-electron chi connectivity index (χ2n) is 2.43. The SMILES string of the molecule is CCC(=O)Oc1cc(F)cc(I)c1. The summed E-state index contributed by atoms with van der Waals surface area (Å²) in [5.41, 5.74) is 0. The Labute approximate surface area is 89.2 Å². The van der Waals surface area contributed by atoms with E-state index in [1.54, 1.807) is 13.0 Å². The van der Waals surface area contributed by atoms with E-state index < -0.39 is 5.82 Å². The summed E-state index contributed by atoms with van der Waals surface area (Å²) in [4.78, 5) is 10.9. The number of carbonyl (C=O) groups excluding carboxylic acids is 1. The molecule has 0 spiro atoms. The van der Waals surface area contributed by atoms with Gasteiger partial charge in [0.2, 0.25) is 0 Å². The quantitative estimate of drug-likeness (QED) is 0.476. The molecule has 0 aliphatic rings. The summed E-state index contributed by atoms with van der Waals surface area (Å²) in [7, 11) is 0. The van der Waals surface area contributed by atoms with Crippen molar-refractivity contribution in [2.45, 2.75) is 13.3 Å². The number of benzene rings is 1. The molecule has 0 saturated carbocycles. The van der Waals surface area contributed by atoms with Crippen LogP contribution in [0.25, 0.3) is 0 Å². The maximum absolute atomic E-state index is 12.8. The summed E-state index contributed by atoms with van der Waals surface area (Å²) in [6, 6.07) is 4.16. The van der Waals surface area contributed by atoms with Gasteiger partial charge in [0.05, 0.1) is 0 Å². The Morgan fingerprint density at radius 2 is 2.23 bits per heavy atom. The molecule has 1 aromatic rings. The molecular formula is C9H8FIO2. The fourth-order valence-corrected chi connectivity index (χ4v) is 1.40. The van der Waals surface area contributed by atoms with Crippen molar-refractivity contribution >= 4 is 28.6 Å². The van der Waals surface area contributed by atoms with Crippen LogP contribution in [0.4, 0.5) is 4.39 Å². The van der Waals surface area contributed by atoms with E-state index in [0.29, 0.717) is 3.57 Å². The summed E-state index contributed by atoms with van der Waals surface area (Å²) in [5.74, 6) is -0.497. The summed E-state index contributed by atoms with van der Waals surface area (Å²) in [6.07, 6.45) is 0.285. The van der Waals surface area contributed by atoms with Crippen molar-refractivity contribution in [3.63, 3.8) is 0 Å². The zero-order valence-electron chi connectivity index (χ0n) is 7.01. The van der Waals surface area contributed by atoms with Crippen LogP contribution in [0.15, 0.2) is 18.2 Å². The predicted molar refractivity (Wildman–Crippen MR) is 55.0 cm³/mol. The molecule has 0 saturated heterocycles. The van der Waals surface area contributed by atoms with E-state index in [1.165, 1.54) is 12.1 Å². The molecule has 1 rings (SSSR count). The molecule has 0 aliphatic carbocycles. The molecule has 70 valence electrons. The zero-order valence-corrected chi connectivity index (χ0v) is 9.17. The van der Waals surface area contributed by atoms with Crippen LogP contribution in [-0.4, -0.2) is 5.97 Å². The molecule has 1 aromatic carbocycles. The van der Waals surface area contributed by atoms with Crippen LogP contribution in [-0.2, 0) is 4.79 Å². The minimum absolute atomic E-state index is 0.260. The standard InChI is InChI=1S/C9H8FIO2/c1-2-9(12)13-8-4-6(10)3-7(11)5-8/h3-5H,2H2,1H3. The van der Waals surface area contributed by atoms with Gasteiger partial charge in [0.25, 0.3) is 0 Å². The van der Waals surface area contributed by atoms with Crippen LogP contribution in [0.3, 0.4) is 0 Å². The van der Waals surface area contributed by atoms with Crippen molar-refractivity contribution in [3.8, 4) is 5.75 Å². The van der Waals surface area contributed by atoms with Crippen LogP contribution >= 0.6 is 22.6 Å². The normalized spacial score (nSPS) is 9.77. The lowest BCUT2D eigenvalue weighted by atomic mass is 10.3. The third-order valence-corrected chi connectivity index (χ3v) is 1.98. The highest BCUT2D eigenvalue weighted by Gasteiger charge is 2.03. The fourth-order valence-electron chi connectivity index (χ4n) is 0.791. The number of esters is 1. The first-order valence-electron chi connectivity index (χ1n) is 3.78. The number of halogens is 2. The smallest absolute Gasteiger partial charge is 0.310 e. The third-order valence-electron chi connectivity index (χ3n) is 1.36. The topological polar surface area (TPSA) is 26.3 Å². The Hall–Kier alpha value is -0.650. The number of hydrogen-bond donors (Lipinski definition) is 0. The fraction of sp³-hybridized carbons (Fsp3) is 0.222. The van der Waals surface area contributed by atoms with Gasteiger partial charge in [0.15, 0.2) is 0 Å². The zero-order chi connectivity index (χ0) is 9.84. The van der Waals surface area contributed by atoms with Crippen molar-refractivity contribution < 1.29 is 13.9 Å². The van der Waals surface area contributed by atoms with Gasteiger partial charge < -0.3 is 4.74 Å². The molecule has 0 heterocycles. The van der Waals surface area contributed by atoms with Crippen LogP contribution in [0.2, 0.25) is 0 Å². The Bertz CT molecular complexity index is 305. The lowest BCUT2D eigenvalue weighted by Crippen LogP contribution is -2.05. The molecule has 0 amide bonds. The second kappa shape index (κ2) is 4.55. The highest BCUT2D eigenvalue weighted by molar-refractivity contribution is 14.1. The number of ether oxygens (including phenoxy) is 1. The Balaban J connectivity index is 2.83. The second-order valence-corrected chi connectivity index (χ2v) is 3.68. The Morgan fingerprint density at radius 3 is 2.77 bits per heavy atom. The van der Waals surface area contributed by atoms with E-state index in [0.717, 1.165) is 0 Å².